The van der Waals surface area contributed by atoms with Crippen molar-refractivity contribution >= 4 is 84.4 Å². The van der Waals surface area contributed by atoms with Gasteiger partial charge in [-0.3, -0.25) is 0 Å². The lowest BCUT2D eigenvalue weighted by molar-refractivity contribution is 0.0216. The first-order chi connectivity index (χ1) is 19.2. The Labute approximate surface area is 255 Å². The molecule has 208 valence electrons. The number of benzene rings is 2. The van der Waals surface area contributed by atoms with Gasteiger partial charge in [-0.2, -0.15) is 0 Å². The van der Waals surface area contributed by atoms with E-state index in [1.807, 2.05) is 0 Å². The standard InChI is InChI=1S/C27H21Cl2FIN3O5S/c28-16-2-1-3-17(29)20(16)23-21(24(39-33-23)12-4-5-12)26(37)38-15-6-7-34(14(10-15)11-31)27-32-22-18(30)8-13(25(35)36)9-19(22)40-27/h1-3,8-9,12,14-15H,4-7,10-11H2,(H,35,36)/t14-,15+/m0/s1. The second kappa shape index (κ2) is 11.1. The Morgan fingerprint density at radius 2 is 1.98 bits per heavy atom. The third-order valence-electron chi connectivity index (χ3n) is 7.12. The molecular weight excluding hydrogens is 695 g/mol. The van der Waals surface area contributed by atoms with Gasteiger partial charge in [0.2, 0.25) is 0 Å². The topological polar surface area (TPSA) is 106 Å². The quantitative estimate of drug-likeness (QED) is 0.119. The zero-order valence-corrected chi connectivity index (χ0v) is 25.2. The van der Waals surface area contributed by atoms with Crippen LogP contribution in [0.4, 0.5) is 9.52 Å². The molecule has 1 aliphatic heterocycles. The summed E-state index contributed by atoms with van der Waals surface area (Å²) in [6, 6.07) is 7.48. The summed E-state index contributed by atoms with van der Waals surface area (Å²) >= 11 is 16.4. The van der Waals surface area contributed by atoms with Crippen molar-refractivity contribution in [2.45, 2.75) is 43.7 Å². The molecule has 1 saturated heterocycles. The van der Waals surface area contributed by atoms with Crippen molar-refractivity contribution in [1.29, 1.82) is 0 Å². The molecule has 13 heteroatoms. The first-order valence-electron chi connectivity index (χ1n) is 12.6. The molecule has 2 fully saturated rings. The lowest BCUT2D eigenvalue weighted by Crippen LogP contribution is -2.46. The highest BCUT2D eigenvalue weighted by molar-refractivity contribution is 14.1. The minimum absolute atomic E-state index is 0.0300. The Morgan fingerprint density at radius 3 is 2.65 bits per heavy atom. The zero-order chi connectivity index (χ0) is 28.1. The van der Waals surface area contributed by atoms with E-state index >= 15 is 0 Å². The number of hydrogen-bond donors (Lipinski definition) is 1. The molecule has 2 aliphatic rings. The van der Waals surface area contributed by atoms with Gasteiger partial charge in [-0.15, -0.1) is 0 Å². The number of thiazole rings is 1. The van der Waals surface area contributed by atoms with Crippen molar-refractivity contribution in [2.75, 3.05) is 15.9 Å². The van der Waals surface area contributed by atoms with Crippen molar-refractivity contribution in [3.8, 4) is 11.3 Å². The fourth-order valence-corrected chi connectivity index (χ4v) is 7.50. The van der Waals surface area contributed by atoms with E-state index in [2.05, 4.69) is 37.6 Å². The number of rotatable bonds is 7. The Kier molecular flexibility index (Phi) is 7.66. The summed E-state index contributed by atoms with van der Waals surface area (Å²) in [7, 11) is 0. The lowest BCUT2D eigenvalue weighted by atomic mass is 10.0. The second-order valence-electron chi connectivity index (χ2n) is 9.80. The molecule has 1 N–H and O–H groups in total. The van der Waals surface area contributed by atoms with Crippen molar-refractivity contribution in [3.63, 3.8) is 0 Å². The van der Waals surface area contributed by atoms with Crippen molar-refractivity contribution in [2.24, 2.45) is 0 Å². The van der Waals surface area contributed by atoms with Gasteiger partial charge in [0.15, 0.2) is 16.7 Å². The summed E-state index contributed by atoms with van der Waals surface area (Å²) in [5.41, 5.74) is 1.01. The Balaban J connectivity index is 1.24. The maximum Gasteiger partial charge on any atom is 0.344 e. The summed E-state index contributed by atoms with van der Waals surface area (Å²) in [4.78, 5) is 31.5. The minimum atomic E-state index is -1.19. The van der Waals surface area contributed by atoms with Gasteiger partial charge in [-0.1, -0.05) is 68.4 Å². The number of fused-ring (bicyclic) bond motifs is 1. The molecule has 1 saturated carbocycles. The Hall–Kier alpha value is -2.48. The molecule has 0 unspecified atom stereocenters. The van der Waals surface area contributed by atoms with Crippen LogP contribution in [-0.2, 0) is 4.74 Å². The van der Waals surface area contributed by atoms with E-state index in [1.54, 1.807) is 18.2 Å². The predicted molar refractivity (Wildman–Crippen MR) is 159 cm³/mol. The second-order valence-corrected chi connectivity index (χ2v) is 12.5. The summed E-state index contributed by atoms with van der Waals surface area (Å²) in [6.07, 6.45) is 2.50. The van der Waals surface area contributed by atoms with Gasteiger partial charge in [-0.05, 0) is 37.1 Å². The number of aromatic nitrogens is 2. The number of esters is 1. The largest absolute Gasteiger partial charge is 0.478 e. The number of aromatic carboxylic acids is 1. The SMILES string of the molecule is O=C(O)c1cc(F)c2nc(N3CC[C@@H](OC(=O)c4c(-c5c(Cl)cccc5Cl)noc4C4CC4)C[C@H]3CI)sc2c1. The van der Waals surface area contributed by atoms with Gasteiger partial charge in [0.05, 0.1) is 20.3 Å². The van der Waals surface area contributed by atoms with Gasteiger partial charge < -0.3 is 19.3 Å². The summed E-state index contributed by atoms with van der Waals surface area (Å²) in [5, 5.41) is 14.8. The number of ether oxygens (including phenoxy) is 1. The highest BCUT2D eigenvalue weighted by Crippen LogP contribution is 2.46. The molecule has 0 radical (unpaired) electrons. The van der Waals surface area contributed by atoms with Crippen LogP contribution in [0.15, 0.2) is 34.9 Å². The molecule has 4 aromatic rings. The van der Waals surface area contributed by atoms with E-state index in [4.69, 9.17) is 32.5 Å². The molecule has 40 heavy (non-hydrogen) atoms. The number of alkyl halides is 1. The molecule has 3 heterocycles. The third kappa shape index (κ3) is 5.17. The number of carbonyl (C=O) groups excluding carboxylic acids is 1. The molecule has 1 aliphatic carbocycles. The third-order valence-corrected chi connectivity index (χ3v) is 9.81. The molecule has 2 aromatic carbocycles. The van der Waals surface area contributed by atoms with Crippen LogP contribution in [0.5, 0.6) is 0 Å². The first kappa shape index (κ1) is 27.7. The molecular formula is C27H21Cl2FIN3O5S. The number of hydrogen-bond acceptors (Lipinski definition) is 8. The van der Waals surface area contributed by atoms with E-state index in [-0.39, 0.29) is 40.4 Å². The predicted octanol–water partition coefficient (Wildman–Crippen LogP) is 7.60. The number of nitrogens with zero attached hydrogens (tertiary/aromatic N) is 3. The van der Waals surface area contributed by atoms with Crippen molar-refractivity contribution in [1.82, 2.24) is 10.1 Å². The molecule has 6 rings (SSSR count). The summed E-state index contributed by atoms with van der Waals surface area (Å²) in [5.74, 6) is -1.78. The normalized spacial score (nSPS) is 19.2. The monoisotopic (exact) mass is 715 g/mol. The average Bonchev–Trinajstić information content (AvgIpc) is 3.52. The van der Waals surface area contributed by atoms with E-state index in [0.717, 1.165) is 18.9 Å². The van der Waals surface area contributed by atoms with Gasteiger partial charge >= 0.3 is 11.9 Å². The number of anilines is 1. The minimum Gasteiger partial charge on any atom is -0.478 e. The Bertz CT molecular complexity index is 1620. The van der Waals surface area contributed by atoms with E-state index in [9.17, 15) is 19.1 Å². The zero-order valence-electron chi connectivity index (χ0n) is 20.7. The van der Waals surface area contributed by atoms with Crippen LogP contribution in [-0.4, -0.2) is 50.3 Å². The van der Waals surface area contributed by atoms with Crippen LogP contribution in [0.1, 0.15) is 58.1 Å². The van der Waals surface area contributed by atoms with Crippen LogP contribution >= 0.6 is 57.1 Å². The number of halogens is 4. The van der Waals surface area contributed by atoms with E-state index in [1.165, 1.54) is 17.4 Å². The molecule has 0 spiro atoms. The van der Waals surface area contributed by atoms with Crippen LogP contribution in [0.3, 0.4) is 0 Å². The average molecular weight is 716 g/mol. The highest BCUT2D eigenvalue weighted by Gasteiger charge is 2.39. The van der Waals surface area contributed by atoms with Crippen LogP contribution in [0.25, 0.3) is 21.5 Å². The van der Waals surface area contributed by atoms with Gasteiger partial charge in [0.25, 0.3) is 0 Å². The highest BCUT2D eigenvalue weighted by atomic mass is 127. The van der Waals surface area contributed by atoms with Gasteiger partial charge in [0.1, 0.15) is 22.9 Å². The molecule has 2 aromatic heterocycles. The maximum absolute atomic E-state index is 14.6. The summed E-state index contributed by atoms with van der Waals surface area (Å²) < 4.78 is 27.4. The summed E-state index contributed by atoms with van der Waals surface area (Å²) in [6.45, 7) is 0.529. The van der Waals surface area contributed by atoms with Crippen LogP contribution in [0, 0.1) is 5.82 Å². The number of carbonyl (C=O) groups is 2. The van der Waals surface area contributed by atoms with Gasteiger partial charge in [-0.25, -0.2) is 19.0 Å². The first-order valence-corrected chi connectivity index (χ1v) is 15.7. The van der Waals surface area contributed by atoms with E-state index in [0.29, 0.717) is 55.0 Å². The smallest absolute Gasteiger partial charge is 0.344 e. The lowest BCUT2D eigenvalue weighted by Gasteiger charge is -2.38. The Morgan fingerprint density at radius 1 is 1.23 bits per heavy atom. The maximum atomic E-state index is 14.6. The fraction of sp³-hybridized carbons (Fsp3) is 0.333. The van der Waals surface area contributed by atoms with Gasteiger partial charge in [0, 0.05) is 41.3 Å². The van der Waals surface area contributed by atoms with Crippen molar-refractivity contribution < 1.29 is 28.3 Å². The molecule has 0 amide bonds. The van der Waals surface area contributed by atoms with Crippen LogP contribution in [0.2, 0.25) is 10.0 Å². The van der Waals surface area contributed by atoms with Crippen molar-refractivity contribution in [3.05, 3.63) is 63.1 Å². The number of carboxylic acids is 1. The number of piperidine rings is 1. The molecule has 0 bridgehead atoms. The number of carboxylic acid groups (broad SMARTS) is 1. The fourth-order valence-electron chi connectivity index (χ4n) is 4.97. The molecule has 8 nitrogen and oxygen atoms in total. The van der Waals surface area contributed by atoms with Crippen LogP contribution < -0.4 is 4.90 Å². The van der Waals surface area contributed by atoms with E-state index < -0.39 is 17.8 Å². The molecule has 2 atom stereocenters.